The third-order valence-electron chi connectivity index (χ3n) is 4.40. The average molecular weight is 428 g/mol. The molecule has 0 unspecified atom stereocenters. The number of thioether (sulfide) groups is 1. The van der Waals surface area contributed by atoms with Crippen molar-refractivity contribution >= 4 is 41.5 Å². The molecule has 2 aromatic rings. The van der Waals surface area contributed by atoms with Gasteiger partial charge in [0.1, 0.15) is 17.1 Å². The van der Waals surface area contributed by atoms with E-state index in [2.05, 4.69) is 10.6 Å². The Bertz CT molecular complexity index is 926. The summed E-state index contributed by atoms with van der Waals surface area (Å²) in [6.07, 6.45) is 2.28. The van der Waals surface area contributed by atoms with Gasteiger partial charge in [-0.1, -0.05) is 6.07 Å². The van der Waals surface area contributed by atoms with Crippen LogP contribution in [0.1, 0.15) is 21.5 Å². The van der Waals surface area contributed by atoms with Crippen molar-refractivity contribution in [2.75, 3.05) is 25.2 Å². The van der Waals surface area contributed by atoms with Crippen LogP contribution in [-0.2, 0) is 13.0 Å². The van der Waals surface area contributed by atoms with Gasteiger partial charge in [0.25, 0.3) is 11.6 Å². The smallest absolute Gasteiger partial charge is 0.285 e. The number of ether oxygens (including phenoxy) is 1. The van der Waals surface area contributed by atoms with Gasteiger partial charge in [0.2, 0.25) is 0 Å². The first kappa shape index (κ1) is 21.9. The Morgan fingerprint density at radius 3 is 2.79 bits per heavy atom. The summed E-state index contributed by atoms with van der Waals surface area (Å²) in [6.45, 7) is 1.23. The fourth-order valence-electron chi connectivity index (χ4n) is 3.02. The molecule has 0 atom stereocenters. The van der Waals surface area contributed by atoms with Crippen molar-refractivity contribution in [2.24, 2.45) is 0 Å². The molecule has 1 aliphatic heterocycles. The molecule has 0 saturated heterocycles. The zero-order valence-corrected chi connectivity index (χ0v) is 16.8. The van der Waals surface area contributed by atoms with Crippen LogP contribution in [0.5, 0.6) is 5.75 Å². The second-order valence-electron chi connectivity index (χ2n) is 5.93. The number of carbonyl (C=O) groups excluding carboxylic acids is 1. The summed E-state index contributed by atoms with van der Waals surface area (Å²) in [5.74, 6) is -0.936. The predicted molar refractivity (Wildman–Crippen MR) is 108 cm³/mol. The molecule has 10 heteroatoms. The number of nitrogens with one attached hydrogen (secondary N) is 2. The Hall–Kier alpha value is -2.36. The molecule has 1 aliphatic rings. The van der Waals surface area contributed by atoms with Crippen LogP contribution in [0.15, 0.2) is 29.2 Å². The van der Waals surface area contributed by atoms with Gasteiger partial charge in [-0.25, -0.2) is 4.39 Å². The van der Waals surface area contributed by atoms with Gasteiger partial charge < -0.3 is 15.4 Å². The fraction of sp³-hybridized carbons (Fsp3) is 0.278. The third-order valence-corrected chi connectivity index (χ3v) is 5.16. The maximum atomic E-state index is 14.8. The number of rotatable bonds is 5. The lowest BCUT2D eigenvalue weighted by Gasteiger charge is -2.19. The normalized spacial score (nSPS) is 12.5. The Balaban J connectivity index is 0.00000280. The Labute approximate surface area is 171 Å². The second-order valence-corrected chi connectivity index (χ2v) is 6.78. The van der Waals surface area contributed by atoms with E-state index in [0.717, 1.165) is 5.56 Å². The predicted octanol–water partition coefficient (Wildman–Crippen LogP) is 3.78. The minimum atomic E-state index is -0.743. The van der Waals surface area contributed by atoms with E-state index in [1.54, 1.807) is 12.3 Å². The number of hydrogen-bond donors (Lipinski definition) is 2. The summed E-state index contributed by atoms with van der Waals surface area (Å²) < 4.78 is 19.9. The summed E-state index contributed by atoms with van der Waals surface area (Å²) in [5.41, 5.74) is 0.863. The van der Waals surface area contributed by atoms with Crippen molar-refractivity contribution in [1.29, 1.82) is 0 Å². The van der Waals surface area contributed by atoms with Crippen molar-refractivity contribution in [3.8, 4) is 5.75 Å². The highest BCUT2D eigenvalue weighted by Crippen LogP contribution is 2.35. The number of halogens is 2. The third kappa shape index (κ3) is 4.21. The van der Waals surface area contributed by atoms with E-state index in [4.69, 9.17) is 4.74 Å². The monoisotopic (exact) mass is 427 g/mol. The topological polar surface area (TPSA) is 93.5 Å². The lowest BCUT2D eigenvalue weighted by Crippen LogP contribution is -2.25. The molecule has 3 rings (SSSR count). The van der Waals surface area contributed by atoms with Gasteiger partial charge in [0.05, 0.1) is 28.7 Å². The maximum Gasteiger partial charge on any atom is 0.285 e. The number of carbonyl (C=O) groups is 1. The van der Waals surface area contributed by atoms with Crippen molar-refractivity contribution in [3.05, 3.63) is 56.9 Å². The fourth-order valence-corrected chi connectivity index (χ4v) is 3.60. The first-order chi connectivity index (χ1) is 13.0. The maximum absolute atomic E-state index is 14.8. The van der Waals surface area contributed by atoms with Crippen molar-refractivity contribution in [2.45, 2.75) is 17.9 Å². The van der Waals surface area contributed by atoms with Gasteiger partial charge in [0.15, 0.2) is 0 Å². The molecule has 0 spiro atoms. The number of nitro groups is 1. The van der Waals surface area contributed by atoms with Gasteiger partial charge >= 0.3 is 0 Å². The SMILES string of the molecule is COc1cc([N+](=O)[O-])c(C(=O)Nc2ccc3c(c2F)CCNC3)cc1SC.Cl. The lowest BCUT2D eigenvalue weighted by atomic mass is 9.99. The molecule has 1 heterocycles. The van der Waals surface area contributed by atoms with E-state index in [0.29, 0.717) is 35.7 Å². The lowest BCUT2D eigenvalue weighted by molar-refractivity contribution is -0.385. The Morgan fingerprint density at radius 1 is 1.39 bits per heavy atom. The van der Waals surface area contributed by atoms with Crippen LogP contribution in [0.4, 0.5) is 15.8 Å². The molecule has 0 bridgehead atoms. The average Bonchev–Trinajstić information content (AvgIpc) is 2.69. The van der Waals surface area contributed by atoms with Crippen LogP contribution in [0.2, 0.25) is 0 Å². The minimum Gasteiger partial charge on any atom is -0.495 e. The number of amides is 1. The molecule has 0 saturated carbocycles. The van der Waals surface area contributed by atoms with E-state index < -0.39 is 22.3 Å². The summed E-state index contributed by atoms with van der Waals surface area (Å²) in [6, 6.07) is 5.81. The molecule has 2 N–H and O–H groups in total. The number of fused-ring (bicyclic) bond motifs is 1. The van der Waals surface area contributed by atoms with Crippen molar-refractivity contribution in [1.82, 2.24) is 5.32 Å². The summed E-state index contributed by atoms with van der Waals surface area (Å²) >= 11 is 1.29. The van der Waals surface area contributed by atoms with Gasteiger partial charge in [-0.05, 0) is 42.5 Å². The quantitative estimate of drug-likeness (QED) is 0.428. The number of nitrogens with zero attached hydrogens (tertiary/aromatic N) is 1. The molecule has 2 aromatic carbocycles. The first-order valence-electron chi connectivity index (χ1n) is 8.19. The molecule has 7 nitrogen and oxygen atoms in total. The van der Waals surface area contributed by atoms with Crippen LogP contribution in [0.3, 0.4) is 0 Å². The number of anilines is 1. The molecule has 0 aromatic heterocycles. The van der Waals surface area contributed by atoms with Gasteiger partial charge in [-0.2, -0.15) is 0 Å². The molecule has 150 valence electrons. The van der Waals surface area contributed by atoms with E-state index in [1.807, 2.05) is 0 Å². The highest BCUT2D eigenvalue weighted by atomic mass is 35.5. The number of benzene rings is 2. The van der Waals surface area contributed by atoms with E-state index >= 15 is 0 Å². The van der Waals surface area contributed by atoms with Gasteiger partial charge in [-0.3, -0.25) is 14.9 Å². The van der Waals surface area contributed by atoms with Crippen LogP contribution >= 0.6 is 24.2 Å². The van der Waals surface area contributed by atoms with Crippen molar-refractivity contribution < 1.29 is 18.8 Å². The second kappa shape index (κ2) is 9.22. The highest BCUT2D eigenvalue weighted by Gasteiger charge is 2.25. The van der Waals surface area contributed by atoms with Crippen LogP contribution in [-0.4, -0.2) is 30.7 Å². The molecular formula is C18H19ClFN3O4S. The van der Waals surface area contributed by atoms with E-state index in [-0.39, 0.29) is 23.7 Å². The zero-order valence-electron chi connectivity index (χ0n) is 15.2. The molecule has 0 radical (unpaired) electrons. The number of nitro benzene ring substituents is 1. The van der Waals surface area contributed by atoms with Crippen LogP contribution in [0.25, 0.3) is 0 Å². The minimum absolute atomic E-state index is 0. The number of methoxy groups -OCH3 is 1. The summed E-state index contributed by atoms with van der Waals surface area (Å²) in [5, 5.41) is 17.0. The van der Waals surface area contributed by atoms with Crippen molar-refractivity contribution in [3.63, 3.8) is 0 Å². The van der Waals surface area contributed by atoms with Crippen LogP contribution in [0, 0.1) is 15.9 Å². The zero-order chi connectivity index (χ0) is 19.6. The molecule has 0 aliphatic carbocycles. The Morgan fingerprint density at radius 2 is 2.14 bits per heavy atom. The van der Waals surface area contributed by atoms with E-state index in [1.165, 1.54) is 37.1 Å². The van der Waals surface area contributed by atoms with Gasteiger partial charge in [0, 0.05) is 6.54 Å². The highest BCUT2D eigenvalue weighted by molar-refractivity contribution is 7.98. The number of hydrogen-bond acceptors (Lipinski definition) is 6. The summed E-state index contributed by atoms with van der Waals surface area (Å²) in [7, 11) is 1.40. The largest absolute Gasteiger partial charge is 0.495 e. The van der Waals surface area contributed by atoms with Gasteiger partial charge in [-0.15, -0.1) is 24.2 Å². The van der Waals surface area contributed by atoms with E-state index in [9.17, 15) is 19.3 Å². The molecule has 1 amide bonds. The standard InChI is InChI=1S/C18H18FN3O4S.ClH/c1-26-15-8-14(22(24)25)12(7-16(15)27-2)18(23)21-13-4-3-10-9-20-6-5-11(10)17(13)19;/h3-4,7-8,20H,5-6,9H2,1-2H3,(H,21,23);1H. The molecular weight excluding hydrogens is 409 g/mol. The summed E-state index contributed by atoms with van der Waals surface area (Å²) in [4.78, 5) is 24.0. The molecule has 0 fully saturated rings. The Kier molecular flexibility index (Phi) is 7.22. The van der Waals surface area contributed by atoms with Crippen LogP contribution < -0.4 is 15.4 Å². The molecule has 28 heavy (non-hydrogen) atoms. The first-order valence-corrected chi connectivity index (χ1v) is 9.41.